The van der Waals surface area contributed by atoms with Gasteiger partial charge in [0.15, 0.2) is 0 Å². The van der Waals surface area contributed by atoms with Gasteiger partial charge in [0.1, 0.15) is 12.1 Å². The van der Waals surface area contributed by atoms with Crippen LogP contribution in [0.2, 0.25) is 0 Å². The van der Waals surface area contributed by atoms with Crippen LogP contribution in [0.25, 0.3) is 10.9 Å². The predicted molar refractivity (Wildman–Crippen MR) is 58.2 cm³/mol. The molecule has 0 radical (unpaired) electrons. The van der Waals surface area contributed by atoms with Crippen molar-refractivity contribution in [2.45, 2.75) is 26.2 Å². The number of nitrogens with zero attached hydrogens (tertiary/aromatic N) is 2. The average molecular weight is 204 g/mol. The highest BCUT2D eigenvalue weighted by Gasteiger charge is 2.10. The van der Waals surface area contributed by atoms with Crippen molar-refractivity contribution in [3.8, 4) is 0 Å². The number of hydrogen-bond acceptors (Lipinski definition) is 2. The molecule has 0 spiro atoms. The number of benzene rings is 1. The van der Waals surface area contributed by atoms with Crippen LogP contribution in [0.15, 0.2) is 24.5 Å². The molecule has 1 unspecified atom stereocenters. The van der Waals surface area contributed by atoms with Crippen molar-refractivity contribution in [2.24, 2.45) is 0 Å². The van der Waals surface area contributed by atoms with Gasteiger partial charge in [-0.25, -0.2) is 14.4 Å². The van der Waals surface area contributed by atoms with E-state index in [-0.39, 0.29) is 5.82 Å². The Morgan fingerprint density at radius 2 is 2.13 bits per heavy atom. The van der Waals surface area contributed by atoms with Crippen molar-refractivity contribution >= 4 is 10.9 Å². The van der Waals surface area contributed by atoms with Gasteiger partial charge in [0.05, 0.1) is 11.2 Å². The Labute approximate surface area is 88.2 Å². The van der Waals surface area contributed by atoms with Crippen LogP contribution in [0.4, 0.5) is 4.39 Å². The molecule has 2 aromatic rings. The van der Waals surface area contributed by atoms with E-state index in [0.29, 0.717) is 5.92 Å². The van der Waals surface area contributed by atoms with Gasteiger partial charge in [-0.2, -0.15) is 0 Å². The minimum absolute atomic E-state index is 0.234. The summed E-state index contributed by atoms with van der Waals surface area (Å²) in [6.45, 7) is 4.19. The first-order chi connectivity index (χ1) is 7.22. The van der Waals surface area contributed by atoms with Crippen LogP contribution in [0.3, 0.4) is 0 Å². The maximum Gasteiger partial charge on any atom is 0.124 e. The van der Waals surface area contributed by atoms with E-state index in [9.17, 15) is 4.39 Å². The first-order valence-corrected chi connectivity index (χ1v) is 5.12. The second-order valence-corrected chi connectivity index (χ2v) is 3.73. The summed E-state index contributed by atoms with van der Waals surface area (Å²) in [6.07, 6.45) is 2.53. The molecule has 1 heterocycles. The molecule has 0 bridgehead atoms. The van der Waals surface area contributed by atoms with E-state index in [0.717, 1.165) is 23.0 Å². The normalized spacial score (nSPS) is 13.0. The highest BCUT2D eigenvalue weighted by atomic mass is 19.1. The second kappa shape index (κ2) is 3.93. The van der Waals surface area contributed by atoms with Gasteiger partial charge in [0, 0.05) is 5.39 Å². The molecule has 2 nitrogen and oxygen atoms in total. The van der Waals surface area contributed by atoms with Crippen LogP contribution in [-0.4, -0.2) is 9.97 Å². The third-order valence-electron chi connectivity index (χ3n) is 2.71. The number of rotatable bonds is 2. The number of halogens is 1. The Morgan fingerprint density at radius 3 is 2.87 bits per heavy atom. The average Bonchev–Trinajstić information content (AvgIpc) is 2.27. The number of fused-ring (bicyclic) bond motifs is 1. The van der Waals surface area contributed by atoms with E-state index in [2.05, 4.69) is 23.8 Å². The van der Waals surface area contributed by atoms with Crippen molar-refractivity contribution < 1.29 is 4.39 Å². The van der Waals surface area contributed by atoms with E-state index >= 15 is 0 Å². The van der Waals surface area contributed by atoms with Crippen LogP contribution < -0.4 is 0 Å². The lowest BCUT2D eigenvalue weighted by Crippen LogP contribution is -1.98. The third kappa shape index (κ3) is 1.82. The van der Waals surface area contributed by atoms with Crippen LogP contribution in [0.5, 0.6) is 0 Å². The van der Waals surface area contributed by atoms with E-state index in [1.807, 2.05) is 0 Å². The van der Waals surface area contributed by atoms with Crippen molar-refractivity contribution in [3.05, 3.63) is 36.0 Å². The zero-order valence-corrected chi connectivity index (χ0v) is 8.87. The molecule has 0 N–H and O–H groups in total. The minimum Gasteiger partial charge on any atom is -0.240 e. The molecule has 78 valence electrons. The molecule has 0 fully saturated rings. The third-order valence-corrected chi connectivity index (χ3v) is 2.71. The van der Waals surface area contributed by atoms with Crippen molar-refractivity contribution in [3.63, 3.8) is 0 Å². The smallest absolute Gasteiger partial charge is 0.124 e. The number of aromatic nitrogens is 2. The Balaban J connectivity index is 2.68. The molecule has 1 atom stereocenters. The van der Waals surface area contributed by atoms with Gasteiger partial charge in [-0.05, 0) is 30.5 Å². The largest absolute Gasteiger partial charge is 0.240 e. The lowest BCUT2D eigenvalue weighted by molar-refractivity contribution is 0.628. The first kappa shape index (κ1) is 10.0. The maximum atomic E-state index is 13.1. The van der Waals surface area contributed by atoms with Gasteiger partial charge < -0.3 is 0 Å². The molecule has 0 aliphatic carbocycles. The van der Waals surface area contributed by atoms with Crippen molar-refractivity contribution in [1.82, 2.24) is 9.97 Å². The van der Waals surface area contributed by atoms with Gasteiger partial charge in [-0.3, -0.25) is 0 Å². The van der Waals surface area contributed by atoms with Gasteiger partial charge in [-0.15, -0.1) is 0 Å². The molecule has 0 saturated carbocycles. The SMILES string of the molecule is CCC(C)c1ncnc2ccc(F)cc12. The van der Waals surface area contributed by atoms with Gasteiger partial charge in [0.25, 0.3) is 0 Å². The van der Waals surface area contributed by atoms with Crippen LogP contribution >= 0.6 is 0 Å². The quantitative estimate of drug-likeness (QED) is 0.750. The fourth-order valence-corrected chi connectivity index (χ4v) is 1.63. The highest BCUT2D eigenvalue weighted by molar-refractivity contribution is 5.81. The molecule has 0 saturated heterocycles. The Morgan fingerprint density at radius 1 is 1.33 bits per heavy atom. The van der Waals surface area contributed by atoms with Gasteiger partial charge in [0.2, 0.25) is 0 Å². The molecule has 0 amide bonds. The summed E-state index contributed by atoms with van der Waals surface area (Å²) in [7, 11) is 0. The van der Waals surface area contributed by atoms with E-state index in [4.69, 9.17) is 0 Å². The lowest BCUT2D eigenvalue weighted by atomic mass is 10.0. The van der Waals surface area contributed by atoms with E-state index < -0.39 is 0 Å². The molecule has 2 rings (SSSR count). The first-order valence-electron chi connectivity index (χ1n) is 5.12. The van der Waals surface area contributed by atoms with Crippen LogP contribution in [0, 0.1) is 5.82 Å². The molecule has 0 aliphatic heterocycles. The van der Waals surface area contributed by atoms with Gasteiger partial charge in [-0.1, -0.05) is 13.8 Å². The Hall–Kier alpha value is -1.51. The standard InChI is InChI=1S/C12H13FN2/c1-3-8(2)12-10-6-9(13)4-5-11(10)14-7-15-12/h4-8H,3H2,1-2H3. The van der Waals surface area contributed by atoms with Crippen LogP contribution in [-0.2, 0) is 0 Å². The molecule has 1 aromatic carbocycles. The molecular weight excluding hydrogens is 191 g/mol. The summed E-state index contributed by atoms with van der Waals surface area (Å²) in [6, 6.07) is 4.63. The molecule has 0 aliphatic rings. The summed E-state index contributed by atoms with van der Waals surface area (Å²) < 4.78 is 13.1. The van der Waals surface area contributed by atoms with Crippen molar-refractivity contribution in [1.29, 1.82) is 0 Å². The summed E-state index contributed by atoms with van der Waals surface area (Å²) in [4.78, 5) is 8.36. The topological polar surface area (TPSA) is 25.8 Å². The molecule has 1 aromatic heterocycles. The minimum atomic E-state index is -0.234. The Bertz CT molecular complexity index is 482. The summed E-state index contributed by atoms with van der Waals surface area (Å²) in [5.74, 6) is 0.0964. The summed E-state index contributed by atoms with van der Waals surface area (Å²) in [5, 5.41) is 0.826. The Kier molecular flexibility index (Phi) is 2.62. The lowest BCUT2D eigenvalue weighted by Gasteiger charge is -2.10. The second-order valence-electron chi connectivity index (χ2n) is 3.73. The van der Waals surface area contributed by atoms with Gasteiger partial charge >= 0.3 is 0 Å². The molecule has 15 heavy (non-hydrogen) atoms. The van der Waals surface area contributed by atoms with E-state index in [1.54, 1.807) is 12.4 Å². The molecule has 3 heteroatoms. The zero-order valence-electron chi connectivity index (χ0n) is 8.87. The fourth-order valence-electron chi connectivity index (χ4n) is 1.63. The zero-order chi connectivity index (χ0) is 10.8. The van der Waals surface area contributed by atoms with Crippen LogP contribution in [0.1, 0.15) is 31.9 Å². The predicted octanol–water partition coefficient (Wildman–Crippen LogP) is 3.28. The fraction of sp³-hybridized carbons (Fsp3) is 0.333. The van der Waals surface area contributed by atoms with Crippen molar-refractivity contribution in [2.75, 3.05) is 0 Å². The maximum absolute atomic E-state index is 13.1. The summed E-state index contributed by atoms with van der Waals surface area (Å²) in [5.41, 5.74) is 1.74. The molecular formula is C12H13FN2. The monoisotopic (exact) mass is 204 g/mol. The summed E-state index contributed by atoms with van der Waals surface area (Å²) >= 11 is 0. The van der Waals surface area contributed by atoms with E-state index in [1.165, 1.54) is 12.1 Å². The number of hydrogen-bond donors (Lipinski definition) is 0. The highest BCUT2D eigenvalue weighted by Crippen LogP contribution is 2.24.